The number of nitrogens with zero attached hydrogens (tertiary/aromatic N) is 3. The van der Waals surface area contributed by atoms with Crippen LogP contribution in [0.2, 0.25) is 0 Å². The summed E-state index contributed by atoms with van der Waals surface area (Å²) >= 11 is 0. The van der Waals surface area contributed by atoms with E-state index in [1.807, 2.05) is 4.90 Å². The van der Waals surface area contributed by atoms with Crippen LogP contribution in [0.3, 0.4) is 0 Å². The summed E-state index contributed by atoms with van der Waals surface area (Å²) in [6, 6.07) is 11.6. The number of carbonyl (C=O) groups is 1. The molecule has 0 aliphatic carbocycles. The van der Waals surface area contributed by atoms with E-state index in [0.29, 0.717) is 57.5 Å². The number of hydrogen-bond acceptors (Lipinski definition) is 4. The molecule has 0 bridgehead atoms. The molecular formula is C24H30F2N4O3S. The number of rotatable bonds is 5. The van der Waals surface area contributed by atoms with Gasteiger partial charge in [0.1, 0.15) is 11.6 Å². The molecule has 2 aliphatic heterocycles. The Balaban J connectivity index is 1.25. The van der Waals surface area contributed by atoms with Crippen LogP contribution in [-0.2, 0) is 10.0 Å². The van der Waals surface area contributed by atoms with Crippen molar-refractivity contribution < 1.29 is 22.0 Å². The predicted octanol–water partition coefficient (Wildman–Crippen LogP) is 3.43. The summed E-state index contributed by atoms with van der Waals surface area (Å²) in [5.74, 6) is -1.20. The fourth-order valence-corrected chi connectivity index (χ4v) is 6.15. The Hall–Kier alpha value is -2.72. The van der Waals surface area contributed by atoms with Gasteiger partial charge >= 0.3 is 6.03 Å². The quantitative estimate of drug-likeness (QED) is 0.694. The first-order valence-electron chi connectivity index (χ1n) is 11.5. The molecule has 0 atom stereocenters. The summed E-state index contributed by atoms with van der Waals surface area (Å²) in [6.45, 7) is 1.91. The zero-order valence-corrected chi connectivity index (χ0v) is 20.0. The summed E-state index contributed by atoms with van der Waals surface area (Å²) in [5, 5.41) is 3.06. The zero-order valence-electron chi connectivity index (χ0n) is 19.2. The van der Waals surface area contributed by atoms with Crippen LogP contribution in [0, 0.1) is 11.6 Å². The van der Waals surface area contributed by atoms with E-state index in [-0.39, 0.29) is 23.0 Å². The van der Waals surface area contributed by atoms with Gasteiger partial charge in [-0.1, -0.05) is 18.2 Å². The molecule has 2 aromatic rings. The van der Waals surface area contributed by atoms with Crippen molar-refractivity contribution in [3.05, 3.63) is 60.2 Å². The van der Waals surface area contributed by atoms with Gasteiger partial charge in [-0.25, -0.2) is 22.0 Å². The number of anilines is 1. The van der Waals surface area contributed by atoms with Crippen LogP contribution in [0.15, 0.2) is 53.4 Å². The molecule has 7 nitrogen and oxygen atoms in total. The normalized spacial score (nSPS) is 18.6. The first-order chi connectivity index (χ1) is 16.2. The maximum absolute atomic E-state index is 13.5. The molecule has 0 aromatic heterocycles. The van der Waals surface area contributed by atoms with Crippen molar-refractivity contribution in [3.63, 3.8) is 0 Å². The fourth-order valence-electron chi connectivity index (χ4n) is 4.66. The topological polar surface area (TPSA) is 73.0 Å². The molecule has 2 aromatic carbocycles. The highest BCUT2D eigenvalue weighted by Gasteiger charge is 2.32. The second kappa shape index (κ2) is 10.3. The molecule has 2 amide bonds. The Morgan fingerprint density at radius 2 is 1.53 bits per heavy atom. The number of carbonyl (C=O) groups excluding carboxylic acids is 1. The smallest absolute Gasteiger partial charge is 0.317 e. The summed E-state index contributed by atoms with van der Waals surface area (Å²) in [5.41, 5.74) is 0.511. The van der Waals surface area contributed by atoms with Crippen molar-refractivity contribution in [1.82, 2.24) is 14.5 Å². The standard InChI is InChI=1S/C24H30F2N4O3S/c1-28(21-9-13-30(14-10-21)34(32,33)23-5-3-2-4-6-23)24(31)27-20-7-11-29(12-8-20)22-16-18(25)15-19(26)17-22/h2-6,15-17,20-21H,7-14H2,1H3,(H,27,31). The number of urea groups is 1. The molecule has 2 fully saturated rings. The van der Waals surface area contributed by atoms with Gasteiger partial charge in [0.05, 0.1) is 4.90 Å². The lowest BCUT2D eigenvalue weighted by Gasteiger charge is -2.38. The van der Waals surface area contributed by atoms with Crippen molar-refractivity contribution >= 4 is 21.7 Å². The maximum Gasteiger partial charge on any atom is 0.317 e. The summed E-state index contributed by atoms with van der Waals surface area (Å²) < 4.78 is 54.1. The van der Waals surface area contributed by atoms with Gasteiger partial charge in [0.15, 0.2) is 0 Å². The molecule has 4 rings (SSSR count). The molecule has 10 heteroatoms. The molecule has 2 saturated heterocycles. The second-order valence-electron chi connectivity index (χ2n) is 8.90. The molecule has 0 unspecified atom stereocenters. The first kappa shape index (κ1) is 24.4. The van der Waals surface area contributed by atoms with Crippen LogP contribution in [0.25, 0.3) is 0 Å². The van der Waals surface area contributed by atoms with Crippen molar-refractivity contribution in [2.45, 2.75) is 42.7 Å². The highest BCUT2D eigenvalue weighted by molar-refractivity contribution is 7.89. The number of hydrogen-bond donors (Lipinski definition) is 1. The molecule has 2 heterocycles. The average molecular weight is 493 g/mol. The number of halogens is 2. The lowest BCUT2D eigenvalue weighted by atomic mass is 10.0. The van der Waals surface area contributed by atoms with E-state index in [2.05, 4.69) is 5.32 Å². The van der Waals surface area contributed by atoms with Gasteiger partial charge < -0.3 is 15.1 Å². The second-order valence-corrected chi connectivity index (χ2v) is 10.8. The number of piperidine rings is 2. The van der Waals surface area contributed by atoms with E-state index < -0.39 is 21.7 Å². The minimum atomic E-state index is -3.53. The number of nitrogens with one attached hydrogen (secondary N) is 1. The molecule has 2 aliphatic rings. The molecule has 0 saturated carbocycles. The van der Waals surface area contributed by atoms with E-state index in [0.717, 1.165) is 6.07 Å². The van der Waals surface area contributed by atoms with Crippen LogP contribution >= 0.6 is 0 Å². The van der Waals surface area contributed by atoms with E-state index in [1.165, 1.54) is 16.4 Å². The minimum Gasteiger partial charge on any atom is -0.371 e. The van der Waals surface area contributed by atoms with E-state index in [4.69, 9.17) is 0 Å². The van der Waals surface area contributed by atoms with Crippen LogP contribution in [-0.4, -0.2) is 69.0 Å². The largest absolute Gasteiger partial charge is 0.371 e. The highest BCUT2D eigenvalue weighted by Crippen LogP contribution is 2.24. The van der Waals surface area contributed by atoms with E-state index in [9.17, 15) is 22.0 Å². The zero-order chi connectivity index (χ0) is 24.3. The highest BCUT2D eigenvalue weighted by atomic mass is 32.2. The van der Waals surface area contributed by atoms with Gasteiger partial charge in [-0.3, -0.25) is 0 Å². The summed E-state index contributed by atoms with van der Waals surface area (Å²) in [6.07, 6.45) is 2.48. The van der Waals surface area contributed by atoms with Crippen LogP contribution in [0.4, 0.5) is 19.3 Å². The summed E-state index contributed by atoms with van der Waals surface area (Å²) in [7, 11) is -1.78. The Bertz CT molecular complexity index is 1080. The maximum atomic E-state index is 13.5. The Morgan fingerprint density at radius 1 is 0.941 bits per heavy atom. The third-order valence-electron chi connectivity index (χ3n) is 6.71. The monoisotopic (exact) mass is 492 g/mol. The molecule has 184 valence electrons. The minimum absolute atomic E-state index is 0.0249. The van der Waals surface area contributed by atoms with E-state index in [1.54, 1.807) is 42.3 Å². The Morgan fingerprint density at radius 3 is 2.12 bits per heavy atom. The molecule has 1 N–H and O–H groups in total. The first-order valence-corrected chi connectivity index (χ1v) is 13.0. The van der Waals surface area contributed by atoms with Gasteiger partial charge in [0.2, 0.25) is 10.0 Å². The molecule has 0 radical (unpaired) electrons. The third-order valence-corrected chi connectivity index (χ3v) is 8.62. The number of benzene rings is 2. The lowest BCUT2D eigenvalue weighted by Crippen LogP contribution is -2.53. The lowest BCUT2D eigenvalue weighted by molar-refractivity contribution is 0.158. The van der Waals surface area contributed by atoms with Gasteiger partial charge in [-0.2, -0.15) is 4.31 Å². The fraction of sp³-hybridized carbons (Fsp3) is 0.458. The van der Waals surface area contributed by atoms with Gasteiger partial charge in [-0.15, -0.1) is 0 Å². The van der Waals surface area contributed by atoms with Crippen LogP contribution < -0.4 is 10.2 Å². The van der Waals surface area contributed by atoms with Gasteiger partial charge in [0.25, 0.3) is 0 Å². The van der Waals surface area contributed by atoms with Crippen LogP contribution in [0.1, 0.15) is 25.7 Å². The number of sulfonamides is 1. The van der Waals surface area contributed by atoms with Gasteiger partial charge in [-0.05, 0) is 49.9 Å². The summed E-state index contributed by atoms with van der Waals surface area (Å²) in [4.78, 5) is 16.7. The molecular weight excluding hydrogens is 462 g/mol. The van der Waals surface area contributed by atoms with Crippen molar-refractivity contribution in [3.8, 4) is 0 Å². The SMILES string of the molecule is CN(C(=O)NC1CCN(c2cc(F)cc(F)c2)CC1)C1CCN(S(=O)(=O)c2ccccc2)CC1. The Labute approximate surface area is 199 Å². The molecule has 0 spiro atoms. The number of amides is 2. The predicted molar refractivity (Wildman–Crippen MR) is 126 cm³/mol. The average Bonchev–Trinajstić information content (AvgIpc) is 2.84. The third kappa shape index (κ3) is 5.50. The Kier molecular flexibility index (Phi) is 7.37. The van der Waals surface area contributed by atoms with Crippen molar-refractivity contribution in [2.75, 3.05) is 38.1 Å². The van der Waals surface area contributed by atoms with Crippen molar-refractivity contribution in [2.24, 2.45) is 0 Å². The van der Waals surface area contributed by atoms with Crippen molar-refractivity contribution in [1.29, 1.82) is 0 Å². The van der Waals surface area contributed by atoms with Gasteiger partial charge in [0, 0.05) is 57.1 Å². The van der Waals surface area contributed by atoms with E-state index >= 15 is 0 Å². The van der Waals surface area contributed by atoms with Crippen LogP contribution in [0.5, 0.6) is 0 Å². The molecule has 34 heavy (non-hydrogen) atoms.